The minimum atomic E-state index is 0.0764. The molecule has 1 fully saturated rings. The maximum atomic E-state index is 8.56. The number of ether oxygens (including phenoxy) is 1. The lowest BCUT2D eigenvalue weighted by Gasteiger charge is -2.36. The van der Waals surface area contributed by atoms with Gasteiger partial charge >= 0.3 is 0 Å². The van der Waals surface area contributed by atoms with Crippen LogP contribution in [0.15, 0.2) is 5.16 Å². The Kier molecular flexibility index (Phi) is 4.35. The van der Waals surface area contributed by atoms with Crippen LogP contribution in [0.25, 0.3) is 0 Å². The lowest BCUT2D eigenvalue weighted by atomic mass is 10.1. The monoisotopic (exact) mass is 215 g/mol. The second-order valence-electron chi connectivity index (χ2n) is 4.40. The predicted octanol–water partition coefficient (Wildman–Crippen LogP) is 0.478. The molecule has 1 unspecified atom stereocenters. The molecular weight excluding hydrogens is 194 g/mol. The van der Waals surface area contributed by atoms with E-state index in [1.165, 1.54) is 0 Å². The Morgan fingerprint density at radius 3 is 2.53 bits per heavy atom. The fourth-order valence-corrected chi connectivity index (χ4v) is 2.01. The summed E-state index contributed by atoms with van der Waals surface area (Å²) in [5.41, 5.74) is 5.55. The molecule has 0 saturated carbocycles. The van der Waals surface area contributed by atoms with E-state index in [4.69, 9.17) is 15.7 Å². The summed E-state index contributed by atoms with van der Waals surface area (Å²) in [6, 6.07) is 0. The van der Waals surface area contributed by atoms with E-state index >= 15 is 0 Å². The summed E-state index contributed by atoms with van der Waals surface area (Å²) in [7, 11) is 0. The van der Waals surface area contributed by atoms with Gasteiger partial charge in [0.05, 0.1) is 12.2 Å². The van der Waals surface area contributed by atoms with Crippen molar-refractivity contribution in [3.8, 4) is 0 Å². The maximum Gasteiger partial charge on any atom is 0.143 e. The second-order valence-corrected chi connectivity index (χ2v) is 4.40. The van der Waals surface area contributed by atoms with Crippen molar-refractivity contribution in [3.05, 3.63) is 0 Å². The fourth-order valence-electron chi connectivity index (χ4n) is 2.01. The molecule has 1 aliphatic heterocycles. The maximum absolute atomic E-state index is 8.56. The van der Waals surface area contributed by atoms with Crippen molar-refractivity contribution in [2.45, 2.75) is 33.0 Å². The van der Waals surface area contributed by atoms with Crippen LogP contribution in [0.3, 0.4) is 0 Å². The molecule has 5 nitrogen and oxygen atoms in total. The van der Waals surface area contributed by atoms with Gasteiger partial charge in [-0.2, -0.15) is 0 Å². The quantitative estimate of drug-likeness (QED) is 0.311. The molecule has 0 aliphatic carbocycles. The van der Waals surface area contributed by atoms with E-state index in [2.05, 4.69) is 23.9 Å². The van der Waals surface area contributed by atoms with Gasteiger partial charge in [0.25, 0.3) is 0 Å². The molecule has 3 atom stereocenters. The van der Waals surface area contributed by atoms with Gasteiger partial charge in [-0.15, -0.1) is 0 Å². The number of nitrogens with zero attached hydrogens (tertiary/aromatic N) is 2. The van der Waals surface area contributed by atoms with Gasteiger partial charge in [0.1, 0.15) is 5.84 Å². The average molecular weight is 215 g/mol. The van der Waals surface area contributed by atoms with Crippen LogP contribution in [0.2, 0.25) is 0 Å². The van der Waals surface area contributed by atoms with Crippen LogP contribution in [0.4, 0.5) is 0 Å². The smallest absolute Gasteiger partial charge is 0.143 e. The minimum absolute atomic E-state index is 0.0764. The summed E-state index contributed by atoms with van der Waals surface area (Å²) in [6.45, 7) is 8.72. The molecule has 1 saturated heterocycles. The topological polar surface area (TPSA) is 71.1 Å². The van der Waals surface area contributed by atoms with Crippen molar-refractivity contribution in [3.63, 3.8) is 0 Å². The lowest BCUT2D eigenvalue weighted by molar-refractivity contribution is -0.0693. The molecule has 0 bridgehead atoms. The summed E-state index contributed by atoms with van der Waals surface area (Å²) in [5, 5.41) is 11.6. The number of hydrogen-bond acceptors (Lipinski definition) is 4. The van der Waals surface area contributed by atoms with Crippen LogP contribution in [-0.2, 0) is 4.74 Å². The lowest BCUT2D eigenvalue weighted by Crippen LogP contribution is -2.48. The Hall–Kier alpha value is -0.810. The van der Waals surface area contributed by atoms with Crippen LogP contribution in [0.1, 0.15) is 20.8 Å². The molecular formula is C10H21N3O2. The van der Waals surface area contributed by atoms with Crippen LogP contribution in [0.5, 0.6) is 0 Å². The summed E-state index contributed by atoms with van der Waals surface area (Å²) in [5.74, 6) is 0.370. The van der Waals surface area contributed by atoms with Crippen LogP contribution < -0.4 is 5.73 Å². The van der Waals surface area contributed by atoms with E-state index in [9.17, 15) is 0 Å². The van der Waals surface area contributed by atoms with Crippen molar-refractivity contribution in [1.82, 2.24) is 4.90 Å². The van der Waals surface area contributed by atoms with Crippen molar-refractivity contribution in [2.24, 2.45) is 16.8 Å². The SMILES string of the molecule is CC(CN1C[C@@H](C)O[C@@H](C)C1)C(N)=NO. The third-order valence-electron chi connectivity index (χ3n) is 2.65. The summed E-state index contributed by atoms with van der Waals surface area (Å²) in [4.78, 5) is 2.29. The molecule has 5 heteroatoms. The molecule has 88 valence electrons. The zero-order chi connectivity index (χ0) is 11.4. The Balaban J connectivity index is 2.44. The summed E-state index contributed by atoms with van der Waals surface area (Å²) in [6.07, 6.45) is 0.515. The number of nitrogens with two attached hydrogens (primary N) is 1. The molecule has 0 radical (unpaired) electrons. The average Bonchev–Trinajstić information content (AvgIpc) is 2.14. The Bertz CT molecular complexity index is 223. The zero-order valence-corrected chi connectivity index (χ0v) is 9.68. The van der Waals surface area contributed by atoms with Crippen molar-refractivity contribution in [1.29, 1.82) is 0 Å². The third kappa shape index (κ3) is 3.68. The van der Waals surface area contributed by atoms with Crippen LogP contribution in [-0.4, -0.2) is 47.8 Å². The van der Waals surface area contributed by atoms with E-state index in [1.54, 1.807) is 0 Å². The number of hydrogen-bond donors (Lipinski definition) is 2. The van der Waals surface area contributed by atoms with E-state index < -0.39 is 0 Å². The van der Waals surface area contributed by atoms with Crippen LogP contribution >= 0.6 is 0 Å². The van der Waals surface area contributed by atoms with E-state index in [0.717, 1.165) is 19.6 Å². The van der Waals surface area contributed by atoms with E-state index in [1.807, 2.05) is 6.92 Å². The number of rotatable bonds is 3. The first-order valence-corrected chi connectivity index (χ1v) is 5.38. The molecule has 0 aromatic carbocycles. The van der Waals surface area contributed by atoms with Gasteiger partial charge in [0.15, 0.2) is 0 Å². The molecule has 0 spiro atoms. The highest BCUT2D eigenvalue weighted by Crippen LogP contribution is 2.12. The number of morpholine rings is 1. The Morgan fingerprint density at radius 2 is 2.07 bits per heavy atom. The highest BCUT2D eigenvalue weighted by atomic mass is 16.5. The molecule has 3 N–H and O–H groups in total. The van der Waals surface area contributed by atoms with Crippen LogP contribution in [0, 0.1) is 5.92 Å². The van der Waals surface area contributed by atoms with Gasteiger partial charge in [-0.1, -0.05) is 12.1 Å². The van der Waals surface area contributed by atoms with Gasteiger partial charge in [-0.3, -0.25) is 4.90 Å². The predicted molar refractivity (Wildman–Crippen MR) is 59.0 cm³/mol. The summed E-state index contributed by atoms with van der Waals surface area (Å²) < 4.78 is 5.63. The molecule has 1 aliphatic rings. The van der Waals surface area contributed by atoms with Gasteiger partial charge in [-0.05, 0) is 13.8 Å². The molecule has 0 amide bonds. The van der Waals surface area contributed by atoms with Crippen molar-refractivity contribution < 1.29 is 9.94 Å². The molecule has 1 rings (SSSR count). The first-order chi connectivity index (χ1) is 7.02. The highest BCUT2D eigenvalue weighted by Gasteiger charge is 2.24. The Labute approximate surface area is 90.9 Å². The van der Waals surface area contributed by atoms with Crippen molar-refractivity contribution in [2.75, 3.05) is 19.6 Å². The van der Waals surface area contributed by atoms with Gasteiger partial charge in [0, 0.05) is 25.6 Å². The standard InChI is InChI=1S/C10H21N3O2/c1-7(10(11)12-14)4-13-5-8(2)15-9(3)6-13/h7-9,14H,4-6H2,1-3H3,(H2,11,12)/t7?,8-,9+. The van der Waals surface area contributed by atoms with Gasteiger partial charge in [0.2, 0.25) is 0 Å². The second kappa shape index (κ2) is 5.32. The molecule has 1 heterocycles. The molecule has 0 aromatic rings. The molecule has 15 heavy (non-hydrogen) atoms. The normalized spacial score (nSPS) is 31.5. The van der Waals surface area contributed by atoms with E-state index in [-0.39, 0.29) is 18.1 Å². The fraction of sp³-hybridized carbons (Fsp3) is 0.900. The largest absolute Gasteiger partial charge is 0.409 e. The zero-order valence-electron chi connectivity index (χ0n) is 9.68. The highest BCUT2D eigenvalue weighted by molar-refractivity contribution is 5.82. The first-order valence-electron chi connectivity index (χ1n) is 5.38. The van der Waals surface area contributed by atoms with E-state index in [0.29, 0.717) is 5.84 Å². The summed E-state index contributed by atoms with van der Waals surface area (Å²) >= 11 is 0. The van der Waals surface area contributed by atoms with Gasteiger partial charge in [-0.25, -0.2) is 0 Å². The molecule has 0 aromatic heterocycles. The number of amidine groups is 1. The third-order valence-corrected chi connectivity index (χ3v) is 2.65. The Morgan fingerprint density at radius 1 is 1.53 bits per heavy atom. The number of oxime groups is 1. The first kappa shape index (κ1) is 12.3. The van der Waals surface area contributed by atoms with Crippen molar-refractivity contribution >= 4 is 5.84 Å². The minimum Gasteiger partial charge on any atom is -0.409 e. The van der Waals surface area contributed by atoms with Gasteiger partial charge < -0.3 is 15.7 Å².